The van der Waals surface area contributed by atoms with Crippen molar-refractivity contribution in [2.75, 3.05) is 33.5 Å². The Kier molecular flexibility index (Phi) is 14.6. The predicted octanol–water partition coefficient (Wildman–Crippen LogP) is 6.73. The number of methoxy groups -OCH3 is 1. The zero-order valence-corrected chi connectivity index (χ0v) is 26.0. The van der Waals surface area contributed by atoms with E-state index in [0.717, 1.165) is 41.8 Å². The van der Waals surface area contributed by atoms with Crippen molar-refractivity contribution in [1.82, 2.24) is 5.32 Å². The Morgan fingerprint density at radius 2 is 1.77 bits per heavy atom. The fourth-order valence-corrected chi connectivity index (χ4v) is 5.23. The van der Waals surface area contributed by atoms with Gasteiger partial charge in [-0.2, -0.15) is 10.2 Å². The predicted molar refractivity (Wildman–Crippen MR) is 165 cm³/mol. The van der Waals surface area contributed by atoms with Gasteiger partial charge >= 0.3 is 0 Å². The molecule has 1 aromatic carbocycles. The molecule has 0 unspecified atom stereocenters. The summed E-state index contributed by atoms with van der Waals surface area (Å²) < 4.78 is 10.6. The van der Waals surface area contributed by atoms with Crippen LogP contribution in [0.4, 0.5) is 0 Å². The molecule has 0 fully saturated rings. The molecule has 0 aliphatic heterocycles. The summed E-state index contributed by atoms with van der Waals surface area (Å²) >= 11 is 7.96. The van der Waals surface area contributed by atoms with Gasteiger partial charge in [-0.3, -0.25) is 9.79 Å². The highest BCUT2D eigenvalue weighted by Gasteiger charge is 2.22. The zero-order chi connectivity index (χ0) is 28.8. The van der Waals surface area contributed by atoms with E-state index in [0.29, 0.717) is 37.1 Å². The normalized spacial score (nSPS) is 13.6. The highest BCUT2D eigenvalue weighted by Crippen LogP contribution is 2.30. The molecule has 0 saturated carbocycles. The van der Waals surface area contributed by atoms with Crippen molar-refractivity contribution in [3.8, 4) is 0 Å². The number of benzene rings is 1. The third-order valence-electron chi connectivity index (χ3n) is 6.26. The SMILES string of the molecule is CCC/C(C)=N\N=C(/C)[C@H](CC(=O)NCCOCCCOC)N=C(c1ccc(Cl)cc1)c1c(C)sc(C)c1C. The summed E-state index contributed by atoms with van der Waals surface area (Å²) in [6.45, 7) is 14.4. The summed E-state index contributed by atoms with van der Waals surface area (Å²) in [6, 6.07) is 7.19. The average Bonchev–Trinajstić information content (AvgIpc) is 3.15. The zero-order valence-electron chi connectivity index (χ0n) is 24.4. The Labute approximate surface area is 242 Å². The molecule has 0 saturated heterocycles. The van der Waals surface area contributed by atoms with E-state index in [1.54, 1.807) is 18.4 Å². The van der Waals surface area contributed by atoms with Gasteiger partial charge in [-0.05, 0) is 65.2 Å². The number of hydrogen-bond donors (Lipinski definition) is 1. The van der Waals surface area contributed by atoms with E-state index < -0.39 is 6.04 Å². The van der Waals surface area contributed by atoms with Crippen molar-refractivity contribution >= 4 is 46.0 Å². The molecule has 1 amide bonds. The smallest absolute Gasteiger partial charge is 0.222 e. The van der Waals surface area contributed by atoms with Gasteiger partial charge in [0.25, 0.3) is 0 Å². The molecule has 2 aromatic rings. The van der Waals surface area contributed by atoms with Crippen LogP contribution in [0.25, 0.3) is 0 Å². The average molecular weight is 575 g/mol. The van der Waals surface area contributed by atoms with Gasteiger partial charge in [-0.25, -0.2) is 0 Å². The molecule has 0 aliphatic rings. The maximum absolute atomic E-state index is 13.0. The van der Waals surface area contributed by atoms with Crippen LogP contribution in [0.5, 0.6) is 0 Å². The topological polar surface area (TPSA) is 84.6 Å². The van der Waals surface area contributed by atoms with Crippen LogP contribution in [-0.4, -0.2) is 62.6 Å². The van der Waals surface area contributed by atoms with E-state index in [2.05, 4.69) is 43.2 Å². The van der Waals surface area contributed by atoms with Gasteiger partial charge in [-0.15, -0.1) is 11.3 Å². The van der Waals surface area contributed by atoms with Gasteiger partial charge in [0.2, 0.25) is 5.91 Å². The first-order valence-corrected chi connectivity index (χ1v) is 14.7. The number of rotatable bonds is 16. The third-order valence-corrected chi connectivity index (χ3v) is 7.63. The lowest BCUT2D eigenvalue weighted by atomic mass is 9.97. The van der Waals surface area contributed by atoms with Gasteiger partial charge in [-0.1, -0.05) is 37.1 Å². The lowest BCUT2D eigenvalue weighted by Gasteiger charge is -2.17. The van der Waals surface area contributed by atoms with Crippen molar-refractivity contribution in [2.45, 2.75) is 73.3 Å². The molecule has 1 heterocycles. The van der Waals surface area contributed by atoms with Crippen LogP contribution in [0.1, 0.15) is 72.9 Å². The van der Waals surface area contributed by atoms with E-state index in [1.165, 1.54) is 15.3 Å². The molecule has 9 heteroatoms. The molecule has 1 N–H and O–H groups in total. The Morgan fingerprint density at radius 1 is 1.05 bits per heavy atom. The minimum Gasteiger partial charge on any atom is -0.385 e. The number of ether oxygens (including phenoxy) is 2. The van der Waals surface area contributed by atoms with Crippen LogP contribution in [-0.2, 0) is 14.3 Å². The van der Waals surface area contributed by atoms with Gasteiger partial charge in [0.15, 0.2) is 0 Å². The minimum atomic E-state index is -0.490. The van der Waals surface area contributed by atoms with E-state index >= 15 is 0 Å². The Balaban J connectivity index is 2.41. The Bertz CT molecular complexity index is 1160. The second kappa shape index (κ2) is 17.3. The number of hydrogen-bond acceptors (Lipinski definition) is 7. The second-order valence-electron chi connectivity index (χ2n) is 9.55. The number of nitrogens with one attached hydrogen (secondary N) is 1. The molecule has 1 atom stereocenters. The number of aliphatic imine (C=N–C) groups is 1. The molecule has 214 valence electrons. The monoisotopic (exact) mass is 574 g/mol. The van der Waals surface area contributed by atoms with Gasteiger partial charge < -0.3 is 14.8 Å². The molecular formula is C30H43ClN4O3S. The summed E-state index contributed by atoms with van der Waals surface area (Å²) in [5.41, 5.74) is 5.68. The lowest BCUT2D eigenvalue weighted by Crippen LogP contribution is -2.32. The molecule has 39 heavy (non-hydrogen) atoms. The molecule has 0 bridgehead atoms. The van der Waals surface area contributed by atoms with Crippen molar-refractivity contribution in [3.63, 3.8) is 0 Å². The fraction of sp³-hybridized carbons (Fsp3) is 0.533. The highest BCUT2D eigenvalue weighted by atomic mass is 35.5. The molecule has 0 aliphatic carbocycles. The van der Waals surface area contributed by atoms with Crippen molar-refractivity contribution in [3.05, 3.63) is 55.7 Å². The molecule has 7 nitrogen and oxygen atoms in total. The summed E-state index contributed by atoms with van der Waals surface area (Å²) in [4.78, 5) is 20.6. The van der Waals surface area contributed by atoms with Crippen molar-refractivity contribution in [1.29, 1.82) is 0 Å². The van der Waals surface area contributed by atoms with Crippen LogP contribution in [0, 0.1) is 20.8 Å². The maximum Gasteiger partial charge on any atom is 0.222 e. The van der Waals surface area contributed by atoms with E-state index in [1.807, 2.05) is 38.1 Å². The van der Waals surface area contributed by atoms with E-state index in [-0.39, 0.29) is 12.3 Å². The van der Waals surface area contributed by atoms with Crippen LogP contribution >= 0.6 is 22.9 Å². The number of amides is 1. The standard InChI is InChI=1S/C30H43ClN4O3S/c1-8-10-20(2)34-35-22(4)27(19-28(36)32-15-18-38-17-9-16-37-7)33-30(25-11-13-26(31)14-12-25)29-21(3)23(5)39-24(29)6/h11-14,27H,8-10,15-19H2,1-7H3,(H,32,36)/b33-30?,34-20-,35-22+/t27-/m0/s1. The summed E-state index contributed by atoms with van der Waals surface area (Å²) in [5.74, 6) is -0.113. The van der Waals surface area contributed by atoms with Crippen LogP contribution in [0.3, 0.4) is 0 Å². The number of halogens is 1. The molecule has 0 spiro atoms. The van der Waals surface area contributed by atoms with Gasteiger partial charge in [0, 0.05) is 58.5 Å². The second-order valence-corrected chi connectivity index (χ2v) is 11.4. The number of nitrogens with zero attached hydrogens (tertiary/aromatic N) is 3. The first-order chi connectivity index (χ1) is 18.7. The largest absolute Gasteiger partial charge is 0.385 e. The highest BCUT2D eigenvalue weighted by molar-refractivity contribution is 7.12. The lowest BCUT2D eigenvalue weighted by molar-refractivity contribution is -0.121. The first-order valence-electron chi connectivity index (χ1n) is 13.5. The maximum atomic E-state index is 13.0. The quantitative estimate of drug-likeness (QED) is 0.137. The Morgan fingerprint density at radius 3 is 2.38 bits per heavy atom. The van der Waals surface area contributed by atoms with Gasteiger partial charge in [0.1, 0.15) is 0 Å². The van der Waals surface area contributed by atoms with Crippen LogP contribution in [0.2, 0.25) is 5.02 Å². The third kappa shape index (κ3) is 11.0. The molecule has 0 radical (unpaired) electrons. The Hall–Kier alpha value is -2.39. The number of carbonyl (C=O) groups is 1. The fourth-order valence-electron chi connectivity index (χ4n) is 4.04. The number of thiophene rings is 1. The first kappa shape index (κ1) is 32.8. The minimum absolute atomic E-state index is 0.113. The van der Waals surface area contributed by atoms with E-state index in [4.69, 9.17) is 26.1 Å². The molecule has 1 aromatic heterocycles. The summed E-state index contributed by atoms with van der Waals surface area (Å²) in [6.07, 6.45) is 2.85. The van der Waals surface area contributed by atoms with Crippen LogP contribution in [0.15, 0.2) is 39.5 Å². The van der Waals surface area contributed by atoms with E-state index in [9.17, 15) is 4.79 Å². The van der Waals surface area contributed by atoms with Crippen molar-refractivity contribution < 1.29 is 14.3 Å². The number of carbonyl (C=O) groups excluding carboxylic acids is 1. The molecular weight excluding hydrogens is 532 g/mol. The van der Waals surface area contributed by atoms with Crippen LogP contribution < -0.4 is 5.32 Å². The van der Waals surface area contributed by atoms with Crippen molar-refractivity contribution in [2.24, 2.45) is 15.2 Å². The molecule has 2 rings (SSSR count). The number of aryl methyl sites for hydroxylation is 2. The summed E-state index contributed by atoms with van der Waals surface area (Å²) in [5, 5.41) is 12.5. The summed E-state index contributed by atoms with van der Waals surface area (Å²) in [7, 11) is 1.67. The van der Waals surface area contributed by atoms with Gasteiger partial charge in [0.05, 0.1) is 30.5 Å².